The van der Waals surface area contributed by atoms with E-state index in [1.54, 1.807) is 6.07 Å². The minimum atomic E-state index is -0.442. The molecule has 0 aliphatic heterocycles. The van der Waals surface area contributed by atoms with Crippen LogP contribution < -0.4 is 9.47 Å². The van der Waals surface area contributed by atoms with Crippen molar-refractivity contribution in [1.29, 1.82) is 0 Å². The first-order chi connectivity index (χ1) is 12.4. The summed E-state index contributed by atoms with van der Waals surface area (Å²) in [6, 6.07) is 17.2. The minimum Gasteiger partial charge on any atom is -0.482 e. The van der Waals surface area contributed by atoms with Crippen LogP contribution in [0.1, 0.15) is 30.9 Å². The van der Waals surface area contributed by atoms with Gasteiger partial charge in [0.2, 0.25) is 0 Å². The van der Waals surface area contributed by atoms with Crippen LogP contribution in [0, 0.1) is 6.92 Å². The first kappa shape index (κ1) is 18.3. The Morgan fingerprint density at radius 1 is 1.04 bits per heavy atom. The van der Waals surface area contributed by atoms with E-state index in [1.807, 2.05) is 55.5 Å². The van der Waals surface area contributed by atoms with E-state index >= 15 is 0 Å². The van der Waals surface area contributed by atoms with Crippen molar-refractivity contribution in [3.05, 3.63) is 70.7 Å². The molecular weight excluding hydrogens is 348 g/mol. The van der Waals surface area contributed by atoms with Gasteiger partial charge in [-0.3, -0.25) is 0 Å². The zero-order valence-electron chi connectivity index (χ0n) is 15.1. The van der Waals surface area contributed by atoms with Gasteiger partial charge in [-0.15, -0.1) is 0 Å². The van der Waals surface area contributed by atoms with Gasteiger partial charge in [-0.05, 0) is 59.0 Å². The van der Waals surface area contributed by atoms with Crippen LogP contribution in [-0.4, -0.2) is 12.6 Å². The fourth-order valence-corrected chi connectivity index (χ4v) is 2.95. The largest absolute Gasteiger partial charge is 0.482 e. The van der Waals surface area contributed by atoms with Gasteiger partial charge in [0, 0.05) is 5.02 Å². The number of benzene rings is 3. The van der Waals surface area contributed by atoms with Crippen molar-refractivity contribution in [2.45, 2.75) is 26.7 Å². The molecular formula is C22H21ClO3. The molecule has 26 heavy (non-hydrogen) atoms. The van der Waals surface area contributed by atoms with Crippen LogP contribution >= 0.6 is 11.6 Å². The van der Waals surface area contributed by atoms with E-state index in [0.717, 1.165) is 21.9 Å². The molecule has 0 amide bonds. The molecule has 0 spiro atoms. The van der Waals surface area contributed by atoms with Crippen LogP contribution in [0.3, 0.4) is 0 Å². The quantitative estimate of drug-likeness (QED) is 0.415. The maximum atomic E-state index is 12.2. The maximum Gasteiger partial charge on any atom is 0.349 e. The summed E-state index contributed by atoms with van der Waals surface area (Å²) >= 11 is 6.20. The summed E-state index contributed by atoms with van der Waals surface area (Å²) in [4.78, 5) is 12.2. The Hall–Kier alpha value is -2.52. The molecule has 134 valence electrons. The Morgan fingerprint density at radius 2 is 1.77 bits per heavy atom. The smallest absolute Gasteiger partial charge is 0.349 e. The molecule has 0 bridgehead atoms. The lowest BCUT2D eigenvalue weighted by Crippen LogP contribution is -2.18. The van der Waals surface area contributed by atoms with Gasteiger partial charge in [0.25, 0.3) is 0 Å². The second-order valence-electron chi connectivity index (χ2n) is 6.57. The predicted octanol–water partition coefficient (Wildman–Crippen LogP) is 5.91. The van der Waals surface area contributed by atoms with Crippen LogP contribution in [0.5, 0.6) is 11.5 Å². The first-order valence-electron chi connectivity index (χ1n) is 8.56. The van der Waals surface area contributed by atoms with Gasteiger partial charge in [-0.1, -0.05) is 55.8 Å². The molecule has 0 aromatic heterocycles. The van der Waals surface area contributed by atoms with Crippen molar-refractivity contribution in [2.75, 3.05) is 6.61 Å². The standard InChI is InChI=1S/C22H21ClO3/c1-14(2)19-12-20(23)15(3)10-21(19)25-13-22(24)26-18-9-8-16-6-4-5-7-17(16)11-18/h4-12,14H,13H2,1-3H3. The number of carbonyl (C=O) groups is 1. The lowest BCUT2D eigenvalue weighted by atomic mass is 10.0. The molecule has 3 aromatic rings. The number of halogens is 1. The molecule has 0 fully saturated rings. The fourth-order valence-electron chi connectivity index (χ4n) is 2.78. The van der Waals surface area contributed by atoms with Crippen LogP contribution in [0.4, 0.5) is 0 Å². The topological polar surface area (TPSA) is 35.5 Å². The van der Waals surface area contributed by atoms with Crippen molar-refractivity contribution in [1.82, 2.24) is 0 Å². The Bertz CT molecular complexity index is 947. The highest BCUT2D eigenvalue weighted by atomic mass is 35.5. The van der Waals surface area contributed by atoms with E-state index < -0.39 is 5.97 Å². The van der Waals surface area contributed by atoms with Gasteiger partial charge in [-0.25, -0.2) is 4.79 Å². The Balaban J connectivity index is 1.69. The van der Waals surface area contributed by atoms with E-state index in [2.05, 4.69) is 13.8 Å². The highest BCUT2D eigenvalue weighted by Gasteiger charge is 2.13. The van der Waals surface area contributed by atoms with E-state index in [4.69, 9.17) is 21.1 Å². The lowest BCUT2D eigenvalue weighted by molar-refractivity contribution is -0.136. The first-order valence-corrected chi connectivity index (χ1v) is 8.94. The summed E-state index contributed by atoms with van der Waals surface area (Å²) in [5.41, 5.74) is 1.88. The van der Waals surface area contributed by atoms with Gasteiger partial charge in [0.15, 0.2) is 6.61 Å². The third-order valence-corrected chi connectivity index (χ3v) is 4.62. The van der Waals surface area contributed by atoms with Crippen LogP contribution in [-0.2, 0) is 4.79 Å². The van der Waals surface area contributed by atoms with Crippen LogP contribution in [0.25, 0.3) is 10.8 Å². The summed E-state index contributed by atoms with van der Waals surface area (Å²) in [5, 5.41) is 2.82. The maximum absolute atomic E-state index is 12.2. The number of hydrogen-bond acceptors (Lipinski definition) is 3. The van der Waals surface area contributed by atoms with Crippen molar-refractivity contribution < 1.29 is 14.3 Å². The summed E-state index contributed by atoms with van der Waals surface area (Å²) in [7, 11) is 0. The number of hydrogen-bond donors (Lipinski definition) is 0. The number of fused-ring (bicyclic) bond motifs is 1. The number of carbonyl (C=O) groups excluding carboxylic acids is 1. The van der Waals surface area contributed by atoms with Gasteiger partial charge in [0.1, 0.15) is 11.5 Å². The molecule has 0 heterocycles. The van der Waals surface area contributed by atoms with Crippen molar-refractivity contribution in [3.63, 3.8) is 0 Å². The number of aryl methyl sites for hydroxylation is 1. The number of ether oxygens (including phenoxy) is 2. The highest BCUT2D eigenvalue weighted by molar-refractivity contribution is 6.31. The Labute approximate surface area is 158 Å². The average molecular weight is 369 g/mol. The molecule has 3 nitrogen and oxygen atoms in total. The number of esters is 1. The molecule has 0 atom stereocenters. The molecule has 0 saturated carbocycles. The van der Waals surface area contributed by atoms with Crippen molar-refractivity contribution in [3.8, 4) is 11.5 Å². The summed E-state index contributed by atoms with van der Waals surface area (Å²) in [6.07, 6.45) is 0. The van der Waals surface area contributed by atoms with E-state index in [0.29, 0.717) is 16.5 Å². The molecule has 3 rings (SSSR count). The SMILES string of the molecule is Cc1cc(OCC(=O)Oc2ccc3ccccc3c2)c(C(C)C)cc1Cl. The Morgan fingerprint density at radius 3 is 2.50 bits per heavy atom. The molecule has 0 N–H and O–H groups in total. The predicted molar refractivity (Wildman–Crippen MR) is 105 cm³/mol. The van der Waals surface area contributed by atoms with Gasteiger partial charge >= 0.3 is 5.97 Å². The second-order valence-corrected chi connectivity index (χ2v) is 6.97. The van der Waals surface area contributed by atoms with E-state index in [1.165, 1.54) is 0 Å². The highest BCUT2D eigenvalue weighted by Crippen LogP contribution is 2.32. The van der Waals surface area contributed by atoms with Gasteiger partial charge in [0.05, 0.1) is 0 Å². The normalized spacial score (nSPS) is 11.0. The van der Waals surface area contributed by atoms with E-state index in [9.17, 15) is 4.79 Å². The summed E-state index contributed by atoms with van der Waals surface area (Å²) in [6.45, 7) is 5.86. The van der Waals surface area contributed by atoms with Crippen molar-refractivity contribution >= 4 is 28.3 Å². The van der Waals surface area contributed by atoms with Gasteiger partial charge in [-0.2, -0.15) is 0 Å². The van der Waals surface area contributed by atoms with Crippen LogP contribution in [0.2, 0.25) is 5.02 Å². The third kappa shape index (κ3) is 4.17. The third-order valence-electron chi connectivity index (χ3n) is 4.21. The lowest BCUT2D eigenvalue weighted by Gasteiger charge is -2.15. The molecule has 0 aliphatic carbocycles. The van der Waals surface area contributed by atoms with Crippen LogP contribution in [0.15, 0.2) is 54.6 Å². The molecule has 4 heteroatoms. The monoisotopic (exact) mass is 368 g/mol. The molecule has 0 radical (unpaired) electrons. The van der Waals surface area contributed by atoms with E-state index in [-0.39, 0.29) is 12.5 Å². The average Bonchev–Trinajstić information content (AvgIpc) is 2.62. The Kier molecular flexibility index (Phi) is 5.48. The molecule has 0 saturated heterocycles. The van der Waals surface area contributed by atoms with Crippen molar-refractivity contribution in [2.24, 2.45) is 0 Å². The van der Waals surface area contributed by atoms with Gasteiger partial charge < -0.3 is 9.47 Å². The fraction of sp³-hybridized carbons (Fsp3) is 0.227. The second kappa shape index (κ2) is 7.79. The molecule has 3 aromatic carbocycles. The zero-order chi connectivity index (χ0) is 18.7. The molecule has 0 unspecified atom stereocenters. The summed E-state index contributed by atoms with van der Waals surface area (Å²) < 4.78 is 11.1. The number of rotatable bonds is 5. The minimum absolute atomic E-state index is 0.159. The zero-order valence-corrected chi connectivity index (χ0v) is 15.8. The molecule has 0 aliphatic rings. The summed E-state index contributed by atoms with van der Waals surface area (Å²) in [5.74, 6) is 0.966.